The van der Waals surface area contributed by atoms with Crippen molar-refractivity contribution in [2.24, 2.45) is 0 Å². The maximum atomic E-state index is 13.9. The molecule has 2 unspecified atom stereocenters. The molecule has 0 radical (unpaired) electrons. The quantitative estimate of drug-likeness (QED) is 0.272. The van der Waals surface area contributed by atoms with Crippen molar-refractivity contribution in [3.8, 4) is 11.5 Å². The Balaban J connectivity index is 1.70. The summed E-state index contributed by atoms with van der Waals surface area (Å²) in [5.74, 6) is -2.25. The summed E-state index contributed by atoms with van der Waals surface area (Å²) < 4.78 is 10.4. The number of methoxy groups -OCH3 is 2. The second-order valence-corrected chi connectivity index (χ2v) is 9.34. The van der Waals surface area contributed by atoms with Gasteiger partial charge in [-0.1, -0.05) is 18.2 Å². The van der Waals surface area contributed by atoms with Gasteiger partial charge in [0.05, 0.1) is 31.6 Å². The number of benzene rings is 3. The van der Waals surface area contributed by atoms with Gasteiger partial charge in [-0.2, -0.15) is 0 Å². The molecule has 218 valence electrons. The van der Waals surface area contributed by atoms with E-state index in [2.05, 4.69) is 5.32 Å². The Kier molecular flexibility index (Phi) is 9.00. The third-order valence-electron chi connectivity index (χ3n) is 6.76. The molecule has 13 heteroatoms. The van der Waals surface area contributed by atoms with Crippen LogP contribution in [0, 0.1) is 10.1 Å². The van der Waals surface area contributed by atoms with E-state index in [0.29, 0.717) is 11.5 Å². The molecule has 3 aromatic carbocycles. The number of amides is 3. The minimum absolute atomic E-state index is 0.0103. The number of ether oxygens (including phenoxy) is 2. The molecular weight excluding hydrogens is 548 g/mol. The van der Waals surface area contributed by atoms with Crippen LogP contribution in [-0.2, 0) is 9.59 Å². The second-order valence-electron chi connectivity index (χ2n) is 9.34. The van der Waals surface area contributed by atoms with Crippen molar-refractivity contribution in [1.29, 1.82) is 0 Å². The van der Waals surface area contributed by atoms with E-state index in [-0.39, 0.29) is 35.5 Å². The Bertz CT molecular complexity index is 1510. The molecule has 3 amide bonds. The van der Waals surface area contributed by atoms with Crippen LogP contribution in [0.25, 0.3) is 0 Å². The number of rotatable bonds is 10. The highest BCUT2D eigenvalue weighted by Crippen LogP contribution is 2.26. The molecule has 42 heavy (non-hydrogen) atoms. The van der Waals surface area contributed by atoms with Gasteiger partial charge in [-0.05, 0) is 48.0 Å². The predicted molar refractivity (Wildman–Crippen MR) is 148 cm³/mol. The Hall–Kier alpha value is -5.46. The zero-order valence-electron chi connectivity index (χ0n) is 22.8. The molecule has 2 N–H and O–H groups in total. The van der Waals surface area contributed by atoms with Crippen LogP contribution in [0.5, 0.6) is 11.5 Å². The van der Waals surface area contributed by atoms with Crippen LogP contribution in [0.15, 0.2) is 72.8 Å². The molecule has 4 rings (SSSR count). The average Bonchev–Trinajstić information content (AvgIpc) is 3.45. The summed E-state index contributed by atoms with van der Waals surface area (Å²) in [6.45, 7) is 0.0233. The second kappa shape index (κ2) is 12.8. The monoisotopic (exact) mass is 576 g/mol. The minimum atomic E-state index is -1.45. The largest absolute Gasteiger partial charge is 0.497 e. The number of non-ortho nitro benzene ring substituents is 1. The molecule has 0 aliphatic carbocycles. The lowest BCUT2D eigenvalue weighted by molar-refractivity contribution is -0.384. The van der Waals surface area contributed by atoms with Gasteiger partial charge in [0.25, 0.3) is 23.4 Å². The molecule has 2 atom stereocenters. The van der Waals surface area contributed by atoms with Gasteiger partial charge in [0, 0.05) is 36.3 Å². The van der Waals surface area contributed by atoms with Crippen molar-refractivity contribution >= 4 is 29.4 Å². The van der Waals surface area contributed by atoms with E-state index in [1.54, 1.807) is 30.3 Å². The number of carboxylic acids is 1. The maximum Gasteiger partial charge on any atom is 0.305 e. The van der Waals surface area contributed by atoms with E-state index in [4.69, 9.17) is 9.47 Å². The average molecular weight is 577 g/mol. The summed E-state index contributed by atoms with van der Waals surface area (Å²) in [6, 6.07) is 16.6. The molecule has 1 aliphatic rings. The summed E-state index contributed by atoms with van der Waals surface area (Å²) >= 11 is 0. The van der Waals surface area contributed by atoms with Crippen molar-refractivity contribution in [1.82, 2.24) is 15.1 Å². The van der Waals surface area contributed by atoms with Crippen molar-refractivity contribution in [2.75, 3.05) is 27.3 Å². The fourth-order valence-electron chi connectivity index (χ4n) is 4.69. The molecule has 0 saturated carbocycles. The van der Waals surface area contributed by atoms with E-state index in [1.807, 2.05) is 0 Å². The summed E-state index contributed by atoms with van der Waals surface area (Å²) in [6.07, 6.45) is -2.05. The van der Waals surface area contributed by atoms with Crippen LogP contribution in [0.3, 0.4) is 0 Å². The van der Waals surface area contributed by atoms with Crippen LogP contribution >= 0.6 is 0 Å². The van der Waals surface area contributed by atoms with Gasteiger partial charge < -0.3 is 29.7 Å². The van der Waals surface area contributed by atoms with E-state index >= 15 is 0 Å². The number of nitro groups is 1. The number of hydrogen-bond acceptors (Lipinski definition) is 8. The Labute approximate surface area is 240 Å². The predicted octanol–water partition coefficient (Wildman–Crippen LogP) is 2.87. The highest BCUT2D eigenvalue weighted by atomic mass is 16.6. The number of nitro benzene ring substituents is 1. The number of aliphatic carboxylic acids is 1. The lowest BCUT2D eigenvalue weighted by Gasteiger charge is -2.31. The fourth-order valence-corrected chi connectivity index (χ4v) is 4.69. The van der Waals surface area contributed by atoms with Crippen molar-refractivity contribution in [3.05, 3.63) is 99.6 Å². The number of nitrogens with zero attached hydrogens (tertiary/aromatic N) is 3. The summed E-state index contributed by atoms with van der Waals surface area (Å²) in [5, 5.41) is 23.5. The highest BCUT2D eigenvalue weighted by molar-refractivity contribution is 6.02. The van der Waals surface area contributed by atoms with Crippen molar-refractivity contribution in [2.45, 2.75) is 18.6 Å². The van der Waals surface area contributed by atoms with Gasteiger partial charge in [-0.15, -0.1) is 0 Å². The molecule has 0 bridgehead atoms. The first-order chi connectivity index (χ1) is 20.1. The van der Waals surface area contributed by atoms with E-state index < -0.39 is 47.2 Å². The number of carbonyl (C=O) groups excluding carboxylic acids is 3. The van der Waals surface area contributed by atoms with Gasteiger partial charge in [0.1, 0.15) is 11.5 Å². The normalized spacial score (nSPS) is 15.0. The van der Waals surface area contributed by atoms with E-state index in [9.17, 15) is 34.4 Å². The number of carboxylic acid groups (broad SMARTS) is 1. The van der Waals surface area contributed by atoms with Crippen LogP contribution in [-0.4, -0.2) is 77.0 Å². The maximum absolute atomic E-state index is 13.9. The third kappa shape index (κ3) is 6.46. The van der Waals surface area contributed by atoms with E-state index in [0.717, 1.165) is 0 Å². The molecule has 13 nitrogen and oxygen atoms in total. The first-order valence-electron chi connectivity index (χ1n) is 12.8. The zero-order chi connectivity index (χ0) is 30.4. The van der Waals surface area contributed by atoms with Crippen LogP contribution in [0.1, 0.15) is 38.7 Å². The lowest BCUT2D eigenvalue weighted by atomic mass is 10.0. The molecule has 1 heterocycles. The highest BCUT2D eigenvalue weighted by Gasteiger charge is 2.44. The topological polar surface area (TPSA) is 169 Å². The first-order valence-corrected chi connectivity index (χ1v) is 12.8. The zero-order valence-corrected chi connectivity index (χ0v) is 22.8. The van der Waals surface area contributed by atoms with Gasteiger partial charge in [-0.3, -0.25) is 29.3 Å². The molecule has 1 aliphatic heterocycles. The number of hydrogen-bond donors (Lipinski definition) is 2. The Morgan fingerprint density at radius 3 is 2.12 bits per heavy atom. The fraction of sp³-hybridized carbons (Fsp3) is 0.241. The standard InChI is InChI=1S/C29H28N4O9/c1-41-22-11-9-18(10-12-22)28(37)31-13-14-32(29(38)20-6-4-8-23(16-20)42-2)27(31)26(36)30-24(17-25(34)35)19-5-3-7-21(15-19)33(39)40/h3-12,15-16,24,27H,13-14,17H2,1-2H3,(H,30,36)(H,34,35). The van der Waals surface area contributed by atoms with Crippen LogP contribution in [0.4, 0.5) is 5.69 Å². The summed E-state index contributed by atoms with van der Waals surface area (Å²) in [4.78, 5) is 65.9. The molecule has 0 spiro atoms. The van der Waals surface area contributed by atoms with Gasteiger partial charge in [0.2, 0.25) is 0 Å². The third-order valence-corrected chi connectivity index (χ3v) is 6.76. The van der Waals surface area contributed by atoms with Crippen LogP contribution in [0.2, 0.25) is 0 Å². The van der Waals surface area contributed by atoms with Gasteiger partial charge in [0.15, 0.2) is 6.17 Å². The smallest absolute Gasteiger partial charge is 0.305 e. The first kappa shape index (κ1) is 29.5. The number of nitrogens with one attached hydrogen (secondary N) is 1. The molecule has 1 fully saturated rings. The van der Waals surface area contributed by atoms with Crippen molar-refractivity contribution in [3.63, 3.8) is 0 Å². The Morgan fingerprint density at radius 2 is 1.52 bits per heavy atom. The molecule has 3 aromatic rings. The van der Waals surface area contributed by atoms with Crippen LogP contribution < -0.4 is 14.8 Å². The van der Waals surface area contributed by atoms with Crippen molar-refractivity contribution < 1.29 is 38.7 Å². The Morgan fingerprint density at radius 1 is 0.905 bits per heavy atom. The SMILES string of the molecule is COc1ccc(C(=O)N2CCN(C(=O)c3cccc(OC)c3)C2C(=O)NC(CC(=O)O)c2cccc([N+](=O)[O-])c2)cc1. The summed E-state index contributed by atoms with van der Waals surface area (Å²) in [5.41, 5.74) is 0.345. The molecule has 1 saturated heterocycles. The van der Waals surface area contributed by atoms with Gasteiger partial charge >= 0.3 is 5.97 Å². The minimum Gasteiger partial charge on any atom is -0.497 e. The van der Waals surface area contributed by atoms with Gasteiger partial charge in [-0.25, -0.2) is 0 Å². The number of carbonyl (C=O) groups is 4. The van der Waals surface area contributed by atoms with E-state index in [1.165, 1.54) is 66.5 Å². The molecule has 0 aromatic heterocycles. The summed E-state index contributed by atoms with van der Waals surface area (Å²) in [7, 11) is 2.93. The lowest BCUT2D eigenvalue weighted by Crippen LogP contribution is -2.54. The molecular formula is C29H28N4O9.